The number of aliphatic hydroxyl groups is 1. The Balaban J connectivity index is 0.00000289. The lowest BCUT2D eigenvalue weighted by Crippen LogP contribution is -2.36. The van der Waals surface area contributed by atoms with Crippen molar-refractivity contribution in [2.24, 2.45) is 5.73 Å². The molecular formula is C9H10Cl2F2N2O3. The van der Waals surface area contributed by atoms with Crippen LogP contribution in [0.2, 0.25) is 5.02 Å². The third-order valence-corrected chi connectivity index (χ3v) is 2.51. The van der Waals surface area contributed by atoms with E-state index < -0.39 is 29.2 Å². The van der Waals surface area contributed by atoms with Gasteiger partial charge in [0.15, 0.2) is 0 Å². The number of hydrogen-bond acceptors (Lipinski definition) is 4. The summed E-state index contributed by atoms with van der Waals surface area (Å²) in [4.78, 5) is 9.76. The molecule has 0 aliphatic rings. The average Bonchev–Trinajstić information content (AvgIpc) is 2.28. The second-order valence-corrected chi connectivity index (χ2v) is 3.77. The lowest BCUT2D eigenvalue weighted by atomic mass is 10.0. The van der Waals surface area contributed by atoms with Crippen LogP contribution in [0.4, 0.5) is 14.5 Å². The molecule has 0 spiro atoms. The van der Waals surface area contributed by atoms with Crippen LogP contribution in [0, 0.1) is 10.1 Å². The van der Waals surface area contributed by atoms with Crippen molar-refractivity contribution in [3.8, 4) is 0 Å². The Labute approximate surface area is 112 Å². The van der Waals surface area contributed by atoms with Crippen LogP contribution in [-0.4, -0.2) is 22.6 Å². The fraction of sp³-hybridized carbons (Fsp3) is 0.333. The van der Waals surface area contributed by atoms with Crippen molar-refractivity contribution in [1.29, 1.82) is 0 Å². The molecule has 0 aliphatic heterocycles. The number of aliphatic hydroxyl groups excluding tert-OH is 1. The first kappa shape index (κ1) is 17.0. The minimum Gasteiger partial charge on any atom is -0.390 e. The molecule has 0 bridgehead atoms. The highest BCUT2D eigenvalue weighted by Gasteiger charge is 2.38. The number of hydrogen-bond donors (Lipinski definition) is 2. The van der Waals surface area contributed by atoms with E-state index in [1.54, 1.807) is 0 Å². The van der Waals surface area contributed by atoms with Crippen LogP contribution in [0.1, 0.15) is 11.6 Å². The molecule has 5 nitrogen and oxygen atoms in total. The summed E-state index contributed by atoms with van der Waals surface area (Å²) in [5, 5.41) is 18.9. The lowest BCUT2D eigenvalue weighted by Gasteiger charge is -2.21. The van der Waals surface area contributed by atoms with Gasteiger partial charge in [-0.05, 0) is 11.6 Å². The van der Waals surface area contributed by atoms with E-state index in [9.17, 15) is 18.9 Å². The van der Waals surface area contributed by atoms with Gasteiger partial charge in [-0.2, -0.15) is 0 Å². The number of halogens is 4. The number of nitrogens with zero attached hydrogens (tertiary/aromatic N) is 1. The van der Waals surface area contributed by atoms with Gasteiger partial charge < -0.3 is 10.8 Å². The van der Waals surface area contributed by atoms with E-state index in [0.29, 0.717) is 0 Å². The van der Waals surface area contributed by atoms with E-state index in [4.69, 9.17) is 22.4 Å². The summed E-state index contributed by atoms with van der Waals surface area (Å²) in [7, 11) is 0. The summed E-state index contributed by atoms with van der Waals surface area (Å²) in [6, 6.07) is 1.31. The molecule has 0 saturated carbocycles. The Morgan fingerprint density at radius 2 is 2.11 bits per heavy atom. The van der Waals surface area contributed by atoms with Crippen molar-refractivity contribution in [2.75, 3.05) is 6.61 Å². The van der Waals surface area contributed by atoms with Crippen LogP contribution in [0.25, 0.3) is 0 Å². The Hall–Kier alpha value is -1.02. The summed E-state index contributed by atoms with van der Waals surface area (Å²) >= 11 is 5.52. The van der Waals surface area contributed by atoms with Gasteiger partial charge in [-0.1, -0.05) is 17.7 Å². The zero-order valence-electron chi connectivity index (χ0n) is 8.85. The van der Waals surface area contributed by atoms with Gasteiger partial charge in [-0.25, -0.2) is 8.78 Å². The Kier molecular flexibility index (Phi) is 5.88. The smallest absolute Gasteiger partial charge is 0.289 e. The quantitative estimate of drug-likeness (QED) is 0.659. The molecule has 0 radical (unpaired) electrons. The molecule has 18 heavy (non-hydrogen) atoms. The van der Waals surface area contributed by atoms with Gasteiger partial charge >= 0.3 is 0 Å². The van der Waals surface area contributed by atoms with E-state index in [-0.39, 0.29) is 23.0 Å². The summed E-state index contributed by atoms with van der Waals surface area (Å²) in [5.41, 5.74) is 4.55. The predicted molar refractivity (Wildman–Crippen MR) is 64.3 cm³/mol. The summed E-state index contributed by atoms with van der Waals surface area (Å²) < 4.78 is 26.2. The minimum absolute atomic E-state index is 0. The van der Waals surface area contributed by atoms with Gasteiger partial charge in [0.1, 0.15) is 11.6 Å². The molecule has 1 rings (SSSR count). The molecule has 1 aromatic rings. The number of benzene rings is 1. The van der Waals surface area contributed by atoms with Gasteiger partial charge in [0.2, 0.25) is 0 Å². The zero-order valence-corrected chi connectivity index (χ0v) is 10.4. The van der Waals surface area contributed by atoms with Crippen LogP contribution in [0.3, 0.4) is 0 Å². The highest BCUT2D eigenvalue weighted by molar-refractivity contribution is 6.32. The summed E-state index contributed by atoms with van der Waals surface area (Å²) in [6.45, 7) is -1.44. The van der Waals surface area contributed by atoms with Crippen molar-refractivity contribution < 1.29 is 18.8 Å². The van der Waals surface area contributed by atoms with Crippen LogP contribution in [0.15, 0.2) is 18.2 Å². The minimum atomic E-state index is -3.55. The van der Waals surface area contributed by atoms with Gasteiger partial charge in [0, 0.05) is 6.07 Å². The standard InChI is InChI=1S/C9H9ClF2N2O3.ClH/c10-6-2-1-5(3-7(6)14(16)17)8(13)9(11,12)4-15;/h1-3,8,15H,4,13H2;1H/t8-;/m1./s1. The highest BCUT2D eigenvalue weighted by Crippen LogP contribution is 2.33. The number of nitro groups is 1. The van der Waals surface area contributed by atoms with Gasteiger partial charge in [0.05, 0.1) is 11.0 Å². The summed E-state index contributed by atoms with van der Waals surface area (Å²) in [5.74, 6) is -3.55. The highest BCUT2D eigenvalue weighted by atomic mass is 35.5. The maximum absolute atomic E-state index is 13.1. The van der Waals surface area contributed by atoms with Crippen LogP contribution in [-0.2, 0) is 0 Å². The first-order chi connectivity index (χ1) is 7.79. The molecule has 0 saturated heterocycles. The predicted octanol–water partition coefficient (Wildman–Crippen LogP) is 2.30. The van der Waals surface area contributed by atoms with Crippen molar-refractivity contribution in [2.45, 2.75) is 12.0 Å². The van der Waals surface area contributed by atoms with Crippen LogP contribution >= 0.6 is 24.0 Å². The SMILES string of the molecule is Cl.N[C@H](c1ccc(Cl)c([N+](=O)[O-])c1)C(F)(F)CO. The van der Waals surface area contributed by atoms with Gasteiger partial charge in [0.25, 0.3) is 11.6 Å². The molecule has 102 valence electrons. The molecular weight excluding hydrogens is 293 g/mol. The second kappa shape index (κ2) is 6.24. The first-order valence-corrected chi connectivity index (χ1v) is 4.85. The van der Waals surface area contributed by atoms with Gasteiger partial charge in [-0.15, -0.1) is 12.4 Å². The van der Waals surface area contributed by atoms with E-state index in [0.717, 1.165) is 18.2 Å². The van der Waals surface area contributed by atoms with Crippen molar-refractivity contribution in [3.05, 3.63) is 38.9 Å². The maximum atomic E-state index is 13.1. The summed E-state index contributed by atoms with van der Waals surface area (Å²) in [6.07, 6.45) is 0. The number of rotatable bonds is 4. The Bertz CT molecular complexity index is 446. The largest absolute Gasteiger partial charge is 0.390 e. The number of alkyl halides is 2. The van der Waals surface area contributed by atoms with E-state index in [1.807, 2.05) is 0 Å². The Morgan fingerprint density at radius 3 is 2.56 bits per heavy atom. The molecule has 0 aromatic heterocycles. The van der Waals surface area contributed by atoms with E-state index in [2.05, 4.69) is 0 Å². The maximum Gasteiger partial charge on any atom is 0.289 e. The Morgan fingerprint density at radius 1 is 1.56 bits per heavy atom. The van der Waals surface area contributed by atoms with Crippen LogP contribution in [0.5, 0.6) is 0 Å². The van der Waals surface area contributed by atoms with E-state index in [1.165, 1.54) is 0 Å². The van der Waals surface area contributed by atoms with Crippen LogP contribution < -0.4 is 5.73 Å². The molecule has 0 heterocycles. The second-order valence-electron chi connectivity index (χ2n) is 3.36. The molecule has 9 heteroatoms. The lowest BCUT2D eigenvalue weighted by molar-refractivity contribution is -0.384. The molecule has 0 amide bonds. The zero-order chi connectivity index (χ0) is 13.2. The molecule has 1 aromatic carbocycles. The van der Waals surface area contributed by atoms with Gasteiger partial charge in [-0.3, -0.25) is 10.1 Å². The van der Waals surface area contributed by atoms with E-state index >= 15 is 0 Å². The van der Waals surface area contributed by atoms with Crippen molar-refractivity contribution >= 4 is 29.7 Å². The topological polar surface area (TPSA) is 89.4 Å². The molecule has 0 fully saturated rings. The number of nitro benzene ring substituents is 1. The first-order valence-electron chi connectivity index (χ1n) is 4.47. The fourth-order valence-electron chi connectivity index (χ4n) is 1.21. The molecule has 0 unspecified atom stereocenters. The van der Waals surface area contributed by atoms with Crippen molar-refractivity contribution in [1.82, 2.24) is 0 Å². The third kappa shape index (κ3) is 3.49. The average molecular weight is 303 g/mol. The third-order valence-electron chi connectivity index (χ3n) is 2.19. The normalized spacial score (nSPS) is 12.7. The monoisotopic (exact) mass is 302 g/mol. The molecule has 3 N–H and O–H groups in total. The van der Waals surface area contributed by atoms with Crippen molar-refractivity contribution in [3.63, 3.8) is 0 Å². The molecule has 0 aliphatic carbocycles. The number of nitrogens with two attached hydrogens (primary N) is 1. The fourth-order valence-corrected chi connectivity index (χ4v) is 1.39. The molecule has 1 atom stereocenters.